The van der Waals surface area contributed by atoms with Crippen molar-refractivity contribution in [2.75, 3.05) is 11.9 Å². The average molecular weight is 361 g/mol. The van der Waals surface area contributed by atoms with E-state index in [-0.39, 0.29) is 5.56 Å². The Morgan fingerprint density at radius 3 is 2.15 bits per heavy atom. The molecule has 0 aliphatic heterocycles. The third-order valence-electron chi connectivity index (χ3n) is 3.80. The molecule has 2 aromatic carbocycles. The Bertz CT molecular complexity index is 888. The fraction of sp³-hybridized carbons (Fsp3) is 0.158. The number of benzene rings is 2. The molecule has 7 heteroatoms. The first-order valence-corrected chi connectivity index (χ1v) is 7.92. The van der Waals surface area contributed by atoms with Crippen LogP contribution in [0.4, 0.5) is 23.4 Å². The largest absolute Gasteiger partial charge is 0.416 e. The van der Waals surface area contributed by atoms with Crippen molar-refractivity contribution >= 4 is 5.82 Å². The third-order valence-corrected chi connectivity index (χ3v) is 3.80. The lowest BCUT2D eigenvalue weighted by Gasteiger charge is -2.09. The molecular formula is C19H15F4N3. The fourth-order valence-corrected chi connectivity index (χ4v) is 2.49. The first-order valence-electron chi connectivity index (χ1n) is 7.92. The summed E-state index contributed by atoms with van der Waals surface area (Å²) in [4.78, 5) is 8.33. The molecule has 3 rings (SSSR count). The zero-order valence-corrected chi connectivity index (χ0v) is 13.8. The SMILES string of the molecule is CCNc1cnc(-c2ccc(-c3ccc(C(F)(F)F)cc3)cc2F)cn1. The van der Waals surface area contributed by atoms with E-state index in [4.69, 9.17) is 0 Å². The third kappa shape index (κ3) is 3.82. The van der Waals surface area contributed by atoms with Crippen LogP contribution in [-0.4, -0.2) is 16.5 Å². The van der Waals surface area contributed by atoms with Crippen molar-refractivity contribution in [2.45, 2.75) is 13.1 Å². The van der Waals surface area contributed by atoms with Crippen LogP contribution >= 0.6 is 0 Å². The minimum absolute atomic E-state index is 0.274. The minimum Gasteiger partial charge on any atom is -0.369 e. The quantitative estimate of drug-likeness (QED) is 0.632. The van der Waals surface area contributed by atoms with Gasteiger partial charge in [-0.25, -0.2) is 9.37 Å². The van der Waals surface area contributed by atoms with Crippen molar-refractivity contribution in [2.24, 2.45) is 0 Å². The van der Waals surface area contributed by atoms with Gasteiger partial charge in [-0.05, 0) is 42.3 Å². The maximum absolute atomic E-state index is 14.5. The van der Waals surface area contributed by atoms with Crippen LogP contribution in [-0.2, 0) is 6.18 Å². The number of nitrogens with zero attached hydrogens (tertiary/aromatic N) is 2. The van der Waals surface area contributed by atoms with Crippen molar-refractivity contribution in [1.82, 2.24) is 9.97 Å². The Balaban J connectivity index is 1.87. The van der Waals surface area contributed by atoms with Gasteiger partial charge < -0.3 is 5.32 Å². The van der Waals surface area contributed by atoms with Crippen LogP contribution in [0.25, 0.3) is 22.4 Å². The molecule has 0 fully saturated rings. The second kappa shape index (κ2) is 7.11. The van der Waals surface area contributed by atoms with E-state index in [1.54, 1.807) is 12.1 Å². The lowest BCUT2D eigenvalue weighted by molar-refractivity contribution is -0.137. The van der Waals surface area contributed by atoms with E-state index in [1.165, 1.54) is 30.6 Å². The molecule has 26 heavy (non-hydrogen) atoms. The maximum atomic E-state index is 14.5. The topological polar surface area (TPSA) is 37.8 Å². The van der Waals surface area contributed by atoms with Gasteiger partial charge in [0.2, 0.25) is 0 Å². The van der Waals surface area contributed by atoms with Gasteiger partial charge >= 0.3 is 6.18 Å². The summed E-state index contributed by atoms with van der Waals surface area (Å²) < 4.78 is 52.4. The summed E-state index contributed by atoms with van der Waals surface area (Å²) in [5, 5.41) is 3.00. The summed E-state index contributed by atoms with van der Waals surface area (Å²) in [6.45, 7) is 2.62. The molecule has 0 aliphatic carbocycles. The molecule has 134 valence electrons. The van der Waals surface area contributed by atoms with E-state index in [2.05, 4.69) is 15.3 Å². The number of rotatable bonds is 4. The van der Waals surface area contributed by atoms with E-state index >= 15 is 0 Å². The Labute approximate surface area is 147 Å². The van der Waals surface area contributed by atoms with Gasteiger partial charge in [-0.2, -0.15) is 13.2 Å². The zero-order chi connectivity index (χ0) is 18.7. The van der Waals surface area contributed by atoms with Crippen molar-refractivity contribution in [3.05, 3.63) is 66.2 Å². The first kappa shape index (κ1) is 17.8. The lowest BCUT2D eigenvalue weighted by Crippen LogP contribution is -2.04. The van der Waals surface area contributed by atoms with E-state index < -0.39 is 17.6 Å². The highest BCUT2D eigenvalue weighted by atomic mass is 19.4. The molecule has 3 nitrogen and oxygen atoms in total. The normalized spacial score (nSPS) is 11.4. The summed E-state index contributed by atoms with van der Waals surface area (Å²) in [5.41, 5.74) is 0.892. The number of hydrogen-bond acceptors (Lipinski definition) is 3. The average Bonchev–Trinajstić information content (AvgIpc) is 2.62. The molecule has 1 N–H and O–H groups in total. The van der Waals surface area contributed by atoms with Gasteiger partial charge in [-0.15, -0.1) is 0 Å². The summed E-state index contributed by atoms with van der Waals surface area (Å²) in [5.74, 6) is 0.0749. The molecule has 0 spiro atoms. The molecule has 3 aromatic rings. The highest BCUT2D eigenvalue weighted by Crippen LogP contribution is 2.32. The van der Waals surface area contributed by atoms with Crippen LogP contribution in [0.5, 0.6) is 0 Å². The van der Waals surface area contributed by atoms with Crippen molar-refractivity contribution < 1.29 is 17.6 Å². The first-order chi connectivity index (χ1) is 12.4. The van der Waals surface area contributed by atoms with Crippen LogP contribution in [0.1, 0.15) is 12.5 Å². The predicted molar refractivity (Wildman–Crippen MR) is 92.0 cm³/mol. The smallest absolute Gasteiger partial charge is 0.369 e. The second-order valence-electron chi connectivity index (χ2n) is 5.59. The van der Waals surface area contributed by atoms with Crippen LogP contribution in [0.3, 0.4) is 0 Å². The molecule has 0 saturated heterocycles. The Morgan fingerprint density at radius 2 is 1.62 bits per heavy atom. The molecule has 1 heterocycles. The summed E-state index contributed by atoms with van der Waals surface area (Å²) in [6, 6.07) is 9.06. The van der Waals surface area contributed by atoms with Crippen molar-refractivity contribution in [3.8, 4) is 22.4 Å². The van der Waals surface area contributed by atoms with Crippen LogP contribution < -0.4 is 5.32 Å². The number of hydrogen-bond donors (Lipinski definition) is 1. The molecule has 0 aliphatic rings. The van der Waals surface area contributed by atoms with Crippen LogP contribution in [0.2, 0.25) is 0 Å². The lowest BCUT2D eigenvalue weighted by atomic mass is 10.0. The van der Waals surface area contributed by atoms with E-state index in [0.717, 1.165) is 12.1 Å². The van der Waals surface area contributed by atoms with Gasteiger partial charge in [-0.1, -0.05) is 18.2 Å². The molecule has 0 unspecified atom stereocenters. The standard InChI is InChI=1S/C19H15F4N3/c1-2-24-18-11-25-17(10-26-18)15-8-5-13(9-16(15)20)12-3-6-14(7-4-12)19(21,22)23/h3-11H,2H2,1H3,(H,24,26). The van der Waals surface area contributed by atoms with Crippen LogP contribution in [0, 0.1) is 5.82 Å². The van der Waals surface area contributed by atoms with Crippen molar-refractivity contribution in [3.63, 3.8) is 0 Å². The molecular weight excluding hydrogens is 346 g/mol. The van der Waals surface area contributed by atoms with Gasteiger partial charge in [0.1, 0.15) is 11.6 Å². The van der Waals surface area contributed by atoms with Crippen LogP contribution in [0.15, 0.2) is 54.9 Å². The monoisotopic (exact) mass is 361 g/mol. The number of aromatic nitrogens is 2. The van der Waals surface area contributed by atoms with Gasteiger partial charge in [0.25, 0.3) is 0 Å². The van der Waals surface area contributed by atoms with Gasteiger partial charge in [-0.3, -0.25) is 4.98 Å². The molecule has 0 atom stereocenters. The van der Waals surface area contributed by atoms with Gasteiger partial charge in [0.15, 0.2) is 0 Å². The molecule has 0 bridgehead atoms. The van der Waals surface area contributed by atoms with Gasteiger partial charge in [0, 0.05) is 12.1 Å². The second-order valence-corrected chi connectivity index (χ2v) is 5.59. The summed E-state index contributed by atoms with van der Waals surface area (Å²) in [6.07, 6.45) is -1.42. The number of alkyl halides is 3. The Morgan fingerprint density at radius 1 is 0.923 bits per heavy atom. The van der Waals surface area contributed by atoms with E-state index in [0.29, 0.717) is 29.2 Å². The molecule has 0 amide bonds. The number of nitrogens with one attached hydrogen (secondary N) is 1. The highest BCUT2D eigenvalue weighted by Gasteiger charge is 2.29. The number of anilines is 1. The highest BCUT2D eigenvalue weighted by molar-refractivity contribution is 5.69. The Hall–Kier alpha value is -2.96. The van der Waals surface area contributed by atoms with E-state index in [1.807, 2.05) is 6.92 Å². The zero-order valence-electron chi connectivity index (χ0n) is 13.8. The summed E-state index contributed by atoms with van der Waals surface area (Å²) >= 11 is 0. The number of halogens is 4. The van der Waals surface area contributed by atoms with Crippen molar-refractivity contribution in [1.29, 1.82) is 0 Å². The predicted octanol–water partition coefficient (Wildman–Crippen LogP) is 5.40. The fourth-order valence-electron chi connectivity index (χ4n) is 2.49. The Kier molecular flexibility index (Phi) is 4.88. The summed E-state index contributed by atoms with van der Waals surface area (Å²) in [7, 11) is 0. The minimum atomic E-state index is -4.40. The molecule has 0 radical (unpaired) electrons. The maximum Gasteiger partial charge on any atom is 0.416 e. The van der Waals surface area contributed by atoms with E-state index in [9.17, 15) is 17.6 Å². The molecule has 1 aromatic heterocycles. The van der Waals surface area contributed by atoms with Gasteiger partial charge in [0.05, 0.1) is 23.7 Å². The molecule has 0 saturated carbocycles.